The van der Waals surface area contributed by atoms with Gasteiger partial charge in [-0.15, -0.1) is 0 Å². The fourth-order valence-corrected chi connectivity index (χ4v) is 2.85. The molecule has 25 heavy (non-hydrogen) atoms. The van der Waals surface area contributed by atoms with Crippen molar-refractivity contribution in [3.8, 4) is 0 Å². The van der Waals surface area contributed by atoms with E-state index in [-0.39, 0.29) is 18.4 Å². The first kappa shape index (κ1) is 17.7. The van der Waals surface area contributed by atoms with Crippen LogP contribution in [0.15, 0.2) is 53.0 Å². The van der Waals surface area contributed by atoms with Gasteiger partial charge in [-0.1, -0.05) is 27.5 Å². The van der Waals surface area contributed by atoms with Crippen LogP contribution >= 0.6 is 27.5 Å². The Labute approximate surface area is 158 Å². The van der Waals surface area contributed by atoms with E-state index in [2.05, 4.69) is 21.2 Å². The summed E-state index contributed by atoms with van der Waals surface area (Å²) in [5.74, 6) is -0.255. The van der Waals surface area contributed by atoms with Crippen LogP contribution in [0.4, 0.5) is 16.2 Å². The van der Waals surface area contributed by atoms with E-state index in [1.165, 1.54) is 11.9 Å². The number of hydroxylamine groups is 2. The van der Waals surface area contributed by atoms with Crippen molar-refractivity contribution in [2.45, 2.75) is 12.6 Å². The van der Waals surface area contributed by atoms with Crippen LogP contribution in [-0.2, 0) is 9.63 Å². The number of amides is 3. The Kier molecular flexibility index (Phi) is 5.27. The first-order valence-electron chi connectivity index (χ1n) is 7.49. The van der Waals surface area contributed by atoms with Crippen LogP contribution in [0, 0.1) is 0 Å². The molecule has 1 N–H and O–H groups in total. The SMILES string of the molecule is CN1O[C@@H](CC(=O)Nc2ccc(Br)cc2)N(c2ccc(Cl)cc2)C1=O. The van der Waals surface area contributed by atoms with Crippen LogP contribution in [0.5, 0.6) is 0 Å². The Morgan fingerprint density at radius 1 is 1.20 bits per heavy atom. The topological polar surface area (TPSA) is 61.9 Å². The quantitative estimate of drug-likeness (QED) is 0.798. The number of carbonyl (C=O) groups excluding carboxylic acids is 2. The molecule has 130 valence electrons. The fraction of sp³-hybridized carbons (Fsp3) is 0.176. The number of halogens is 2. The average molecular weight is 425 g/mol. The fourth-order valence-electron chi connectivity index (χ4n) is 2.46. The van der Waals surface area contributed by atoms with Crippen LogP contribution in [-0.4, -0.2) is 30.3 Å². The molecule has 6 nitrogen and oxygen atoms in total. The van der Waals surface area contributed by atoms with Gasteiger partial charge in [0.2, 0.25) is 5.91 Å². The molecule has 1 heterocycles. The number of rotatable bonds is 4. The van der Waals surface area contributed by atoms with Gasteiger partial charge in [0.25, 0.3) is 0 Å². The van der Waals surface area contributed by atoms with E-state index in [0.717, 1.165) is 9.54 Å². The Morgan fingerprint density at radius 3 is 2.48 bits per heavy atom. The zero-order chi connectivity index (χ0) is 18.0. The van der Waals surface area contributed by atoms with Crippen molar-refractivity contribution in [2.75, 3.05) is 17.3 Å². The monoisotopic (exact) mass is 423 g/mol. The summed E-state index contributed by atoms with van der Waals surface area (Å²) in [6.45, 7) is 0. The molecule has 2 aromatic carbocycles. The minimum atomic E-state index is -0.728. The third-order valence-electron chi connectivity index (χ3n) is 3.64. The number of carbonyl (C=O) groups is 2. The number of anilines is 2. The standard InChI is InChI=1S/C17H15BrClN3O3/c1-21-17(24)22(14-8-4-12(19)5-9-14)16(25-21)10-15(23)20-13-6-2-11(18)3-7-13/h2-9,16H,10H2,1H3,(H,20,23)/t16-/m0/s1. The molecule has 0 aliphatic carbocycles. The first-order chi connectivity index (χ1) is 11.9. The lowest BCUT2D eigenvalue weighted by molar-refractivity contribution is -0.129. The second-order valence-electron chi connectivity index (χ2n) is 5.45. The molecule has 3 amide bonds. The highest BCUT2D eigenvalue weighted by molar-refractivity contribution is 9.10. The summed E-state index contributed by atoms with van der Waals surface area (Å²) < 4.78 is 0.922. The average Bonchev–Trinajstić information content (AvgIpc) is 2.85. The van der Waals surface area contributed by atoms with Gasteiger partial charge in [0.1, 0.15) is 0 Å². The van der Waals surface area contributed by atoms with Crippen LogP contribution in [0.2, 0.25) is 5.02 Å². The number of benzene rings is 2. The van der Waals surface area contributed by atoms with E-state index in [1.807, 2.05) is 12.1 Å². The van der Waals surface area contributed by atoms with Crippen molar-refractivity contribution in [3.05, 3.63) is 58.0 Å². The van der Waals surface area contributed by atoms with Gasteiger partial charge < -0.3 is 5.32 Å². The molecule has 1 fully saturated rings. The van der Waals surface area contributed by atoms with Gasteiger partial charge in [0, 0.05) is 27.9 Å². The van der Waals surface area contributed by atoms with Gasteiger partial charge in [0.15, 0.2) is 6.23 Å². The lowest BCUT2D eigenvalue weighted by atomic mass is 10.2. The predicted octanol–water partition coefficient (Wildman–Crippen LogP) is 4.26. The molecule has 1 saturated heterocycles. The summed E-state index contributed by atoms with van der Waals surface area (Å²) in [5, 5.41) is 4.47. The number of urea groups is 1. The molecule has 0 aromatic heterocycles. The Balaban J connectivity index is 1.72. The minimum Gasteiger partial charge on any atom is -0.326 e. The van der Waals surface area contributed by atoms with Crippen molar-refractivity contribution >= 4 is 50.8 Å². The van der Waals surface area contributed by atoms with Crippen LogP contribution in [0.25, 0.3) is 0 Å². The van der Waals surface area contributed by atoms with E-state index in [0.29, 0.717) is 16.4 Å². The van der Waals surface area contributed by atoms with E-state index >= 15 is 0 Å². The summed E-state index contributed by atoms with van der Waals surface area (Å²) in [6.07, 6.45) is -0.733. The van der Waals surface area contributed by atoms with Crippen molar-refractivity contribution < 1.29 is 14.4 Å². The molecule has 0 radical (unpaired) electrons. The summed E-state index contributed by atoms with van der Waals surface area (Å²) >= 11 is 9.24. The maximum atomic E-state index is 12.3. The summed E-state index contributed by atoms with van der Waals surface area (Å²) in [4.78, 5) is 31.6. The maximum Gasteiger partial charge on any atom is 0.350 e. The molecule has 1 atom stereocenters. The molecule has 3 rings (SSSR count). The third-order valence-corrected chi connectivity index (χ3v) is 4.42. The molecule has 0 saturated carbocycles. The molecule has 0 spiro atoms. The predicted molar refractivity (Wildman–Crippen MR) is 99.4 cm³/mol. The van der Waals surface area contributed by atoms with Gasteiger partial charge >= 0.3 is 6.03 Å². The lowest BCUT2D eigenvalue weighted by Crippen LogP contribution is -2.36. The summed E-state index contributed by atoms with van der Waals surface area (Å²) in [7, 11) is 1.51. The molecular formula is C17H15BrClN3O3. The first-order valence-corrected chi connectivity index (χ1v) is 8.66. The molecule has 0 bridgehead atoms. The van der Waals surface area contributed by atoms with Crippen LogP contribution in [0.1, 0.15) is 6.42 Å². The molecule has 8 heteroatoms. The van der Waals surface area contributed by atoms with Crippen LogP contribution in [0.3, 0.4) is 0 Å². The van der Waals surface area contributed by atoms with E-state index in [1.54, 1.807) is 36.4 Å². The third kappa shape index (κ3) is 4.12. The van der Waals surface area contributed by atoms with Gasteiger partial charge in [-0.2, -0.15) is 0 Å². The Morgan fingerprint density at radius 2 is 1.84 bits per heavy atom. The Bertz CT molecular complexity index is 783. The number of hydrogen-bond donors (Lipinski definition) is 1. The molecule has 2 aromatic rings. The number of nitrogens with zero attached hydrogens (tertiary/aromatic N) is 2. The molecule has 1 aliphatic rings. The second-order valence-corrected chi connectivity index (χ2v) is 6.80. The second kappa shape index (κ2) is 7.43. The highest BCUT2D eigenvalue weighted by atomic mass is 79.9. The highest BCUT2D eigenvalue weighted by Crippen LogP contribution is 2.28. The van der Waals surface area contributed by atoms with Crippen molar-refractivity contribution in [1.29, 1.82) is 0 Å². The van der Waals surface area contributed by atoms with Gasteiger partial charge in [-0.3, -0.25) is 9.69 Å². The molecule has 0 unspecified atom stereocenters. The minimum absolute atomic E-state index is 0.00519. The zero-order valence-electron chi connectivity index (χ0n) is 13.3. The van der Waals surface area contributed by atoms with Crippen LogP contribution < -0.4 is 10.2 Å². The van der Waals surface area contributed by atoms with E-state index < -0.39 is 6.23 Å². The van der Waals surface area contributed by atoms with Crippen molar-refractivity contribution in [1.82, 2.24) is 5.06 Å². The summed E-state index contributed by atoms with van der Waals surface area (Å²) in [5.41, 5.74) is 1.28. The molecule has 1 aliphatic heterocycles. The van der Waals surface area contributed by atoms with E-state index in [4.69, 9.17) is 16.4 Å². The lowest BCUT2D eigenvalue weighted by Gasteiger charge is -2.20. The summed E-state index contributed by atoms with van der Waals surface area (Å²) in [6, 6.07) is 13.7. The normalized spacial score (nSPS) is 17.1. The highest BCUT2D eigenvalue weighted by Gasteiger charge is 2.39. The van der Waals surface area contributed by atoms with Crippen molar-refractivity contribution in [3.63, 3.8) is 0 Å². The molecular weight excluding hydrogens is 410 g/mol. The largest absolute Gasteiger partial charge is 0.350 e. The van der Waals surface area contributed by atoms with Gasteiger partial charge in [-0.05, 0) is 48.5 Å². The van der Waals surface area contributed by atoms with Gasteiger partial charge in [-0.25, -0.2) is 14.7 Å². The maximum absolute atomic E-state index is 12.3. The smallest absolute Gasteiger partial charge is 0.326 e. The zero-order valence-corrected chi connectivity index (χ0v) is 15.6. The number of hydrogen-bond acceptors (Lipinski definition) is 3. The van der Waals surface area contributed by atoms with Gasteiger partial charge in [0.05, 0.1) is 6.42 Å². The van der Waals surface area contributed by atoms with E-state index in [9.17, 15) is 9.59 Å². The Hall–Kier alpha value is -2.09. The number of nitrogens with one attached hydrogen (secondary N) is 1. The van der Waals surface area contributed by atoms with Crippen molar-refractivity contribution in [2.24, 2.45) is 0 Å².